The van der Waals surface area contributed by atoms with Crippen molar-refractivity contribution in [1.29, 1.82) is 0 Å². The van der Waals surface area contributed by atoms with Crippen LogP contribution >= 0.6 is 0 Å². The molecule has 1 aliphatic heterocycles. The molecule has 1 aliphatic rings. The zero-order valence-electron chi connectivity index (χ0n) is 17.2. The number of hydrogen-bond acceptors (Lipinski definition) is 4. The average molecular weight is 390 g/mol. The average Bonchev–Trinajstić information content (AvgIpc) is 3.24. The summed E-state index contributed by atoms with van der Waals surface area (Å²) in [5.41, 5.74) is 5.40. The van der Waals surface area contributed by atoms with Crippen molar-refractivity contribution in [2.75, 3.05) is 32.1 Å². The second-order valence-corrected chi connectivity index (χ2v) is 7.92. The molecule has 2 aromatic heterocycles. The van der Waals surface area contributed by atoms with Crippen LogP contribution in [-0.4, -0.2) is 53.2 Å². The van der Waals surface area contributed by atoms with Crippen molar-refractivity contribution in [1.82, 2.24) is 20.1 Å². The number of nitrogens with zero attached hydrogens (tertiary/aromatic N) is 4. The summed E-state index contributed by atoms with van der Waals surface area (Å²) in [7, 11) is 3.55. The number of pyridine rings is 1. The number of carbonyl (C=O) groups is 1. The van der Waals surface area contributed by atoms with Gasteiger partial charge in [0.1, 0.15) is 5.82 Å². The first-order valence-electron chi connectivity index (χ1n) is 10.1. The van der Waals surface area contributed by atoms with Gasteiger partial charge in [0, 0.05) is 50.6 Å². The normalized spacial score (nSPS) is 16.7. The number of rotatable bonds is 4. The van der Waals surface area contributed by atoms with Gasteiger partial charge in [0.15, 0.2) is 0 Å². The summed E-state index contributed by atoms with van der Waals surface area (Å²) >= 11 is 0. The lowest BCUT2D eigenvalue weighted by Crippen LogP contribution is -2.37. The zero-order valence-corrected chi connectivity index (χ0v) is 17.2. The molecule has 1 saturated heterocycles. The van der Waals surface area contributed by atoms with Crippen molar-refractivity contribution < 1.29 is 4.79 Å². The van der Waals surface area contributed by atoms with Gasteiger partial charge in [0.2, 0.25) is 0 Å². The molecule has 4 rings (SSSR count). The van der Waals surface area contributed by atoms with Gasteiger partial charge in [-0.3, -0.25) is 9.89 Å². The van der Waals surface area contributed by atoms with Crippen LogP contribution in [0.3, 0.4) is 0 Å². The van der Waals surface area contributed by atoms with E-state index in [9.17, 15) is 4.79 Å². The standard InChI is InChI=1S/C23H27N5O/c1-16-8-10-17(11-9-16)20-14-25-26-21(20)18-6-5-13-28(15-18)22-19(7-4-12-24-22)23(29)27(2)3/h4,7-12,14,18H,5-6,13,15H2,1-3H3,(H,25,26). The third-order valence-electron chi connectivity index (χ3n) is 5.58. The Balaban J connectivity index is 1.62. The van der Waals surface area contributed by atoms with Gasteiger partial charge in [-0.15, -0.1) is 0 Å². The predicted octanol–water partition coefficient (Wildman–Crippen LogP) is 3.87. The quantitative estimate of drug-likeness (QED) is 0.736. The summed E-state index contributed by atoms with van der Waals surface area (Å²) < 4.78 is 0. The molecule has 3 aromatic rings. The molecule has 1 unspecified atom stereocenters. The Morgan fingerprint density at radius 3 is 2.76 bits per heavy atom. The van der Waals surface area contributed by atoms with Crippen LogP contribution in [0.5, 0.6) is 0 Å². The van der Waals surface area contributed by atoms with E-state index >= 15 is 0 Å². The fourth-order valence-electron chi connectivity index (χ4n) is 4.03. The van der Waals surface area contributed by atoms with E-state index in [4.69, 9.17) is 0 Å². The largest absolute Gasteiger partial charge is 0.355 e. The fraction of sp³-hybridized carbons (Fsp3) is 0.348. The van der Waals surface area contributed by atoms with E-state index in [1.807, 2.05) is 18.3 Å². The molecule has 1 N–H and O–H groups in total. The topological polar surface area (TPSA) is 65.1 Å². The van der Waals surface area contributed by atoms with Crippen molar-refractivity contribution in [3.05, 3.63) is 65.6 Å². The van der Waals surface area contributed by atoms with E-state index in [-0.39, 0.29) is 5.91 Å². The van der Waals surface area contributed by atoms with Crippen LogP contribution in [0, 0.1) is 6.92 Å². The minimum atomic E-state index is -0.0166. The lowest BCUT2D eigenvalue weighted by Gasteiger charge is -2.34. The van der Waals surface area contributed by atoms with Crippen LogP contribution in [0.2, 0.25) is 0 Å². The SMILES string of the molecule is Cc1ccc(-c2cn[nH]c2C2CCCN(c3ncccc3C(=O)N(C)C)C2)cc1. The molecule has 1 atom stereocenters. The van der Waals surface area contributed by atoms with Crippen molar-refractivity contribution in [3.8, 4) is 11.1 Å². The Hall–Kier alpha value is -3.15. The molecule has 1 aromatic carbocycles. The number of aromatic nitrogens is 3. The van der Waals surface area contributed by atoms with Crippen molar-refractivity contribution >= 4 is 11.7 Å². The highest BCUT2D eigenvalue weighted by Gasteiger charge is 2.28. The highest BCUT2D eigenvalue weighted by molar-refractivity contribution is 5.98. The van der Waals surface area contributed by atoms with E-state index < -0.39 is 0 Å². The Kier molecular flexibility index (Phi) is 5.34. The first kappa shape index (κ1) is 19.2. The molecule has 0 saturated carbocycles. The lowest BCUT2D eigenvalue weighted by atomic mass is 9.90. The Labute approximate surface area is 171 Å². The molecule has 0 bridgehead atoms. The van der Waals surface area contributed by atoms with E-state index in [1.54, 1.807) is 25.2 Å². The summed E-state index contributed by atoms with van der Waals surface area (Å²) in [6.07, 6.45) is 5.81. The monoisotopic (exact) mass is 389 g/mol. The van der Waals surface area contributed by atoms with Crippen LogP contribution < -0.4 is 4.90 Å². The molecular formula is C23H27N5O. The summed E-state index contributed by atoms with van der Waals surface area (Å²) in [6.45, 7) is 3.81. The van der Waals surface area contributed by atoms with Gasteiger partial charge in [-0.05, 0) is 37.5 Å². The number of hydrogen-bond donors (Lipinski definition) is 1. The lowest BCUT2D eigenvalue weighted by molar-refractivity contribution is 0.0827. The van der Waals surface area contributed by atoms with Gasteiger partial charge in [-0.25, -0.2) is 4.98 Å². The smallest absolute Gasteiger partial charge is 0.257 e. The summed E-state index contributed by atoms with van der Waals surface area (Å²) in [4.78, 5) is 21.0. The molecule has 0 aliphatic carbocycles. The molecule has 0 radical (unpaired) electrons. The molecule has 1 fully saturated rings. The Morgan fingerprint density at radius 1 is 1.21 bits per heavy atom. The molecule has 29 heavy (non-hydrogen) atoms. The zero-order chi connectivity index (χ0) is 20.4. The first-order chi connectivity index (χ1) is 14.0. The van der Waals surface area contributed by atoms with Gasteiger partial charge in [0.25, 0.3) is 5.91 Å². The number of nitrogens with one attached hydrogen (secondary N) is 1. The van der Waals surface area contributed by atoms with E-state index in [2.05, 4.69) is 51.3 Å². The Bertz CT molecular complexity index is 993. The third kappa shape index (κ3) is 3.88. The number of H-pyrrole nitrogens is 1. The van der Waals surface area contributed by atoms with E-state index in [0.717, 1.165) is 43.0 Å². The van der Waals surface area contributed by atoms with Gasteiger partial charge >= 0.3 is 0 Å². The molecule has 6 heteroatoms. The van der Waals surface area contributed by atoms with E-state index in [0.29, 0.717) is 11.5 Å². The fourth-order valence-corrected chi connectivity index (χ4v) is 4.03. The van der Waals surface area contributed by atoms with Crippen molar-refractivity contribution in [3.63, 3.8) is 0 Å². The van der Waals surface area contributed by atoms with Crippen LogP contribution in [0.4, 0.5) is 5.82 Å². The van der Waals surface area contributed by atoms with Gasteiger partial charge in [-0.2, -0.15) is 5.10 Å². The molecular weight excluding hydrogens is 362 g/mol. The number of benzene rings is 1. The van der Waals surface area contributed by atoms with Crippen LogP contribution in [0.15, 0.2) is 48.8 Å². The predicted molar refractivity (Wildman–Crippen MR) is 115 cm³/mol. The minimum Gasteiger partial charge on any atom is -0.355 e. The summed E-state index contributed by atoms with van der Waals surface area (Å²) in [6, 6.07) is 12.3. The number of aryl methyl sites for hydroxylation is 1. The van der Waals surface area contributed by atoms with Gasteiger partial charge in [0.05, 0.1) is 11.8 Å². The second kappa shape index (κ2) is 8.07. The molecule has 0 spiro atoms. The van der Waals surface area contributed by atoms with Gasteiger partial charge in [-0.1, -0.05) is 29.8 Å². The summed E-state index contributed by atoms with van der Waals surface area (Å²) in [5, 5.41) is 7.59. The van der Waals surface area contributed by atoms with Crippen LogP contribution in [0.25, 0.3) is 11.1 Å². The second-order valence-electron chi connectivity index (χ2n) is 7.92. The Morgan fingerprint density at radius 2 is 2.00 bits per heavy atom. The maximum absolute atomic E-state index is 12.6. The first-order valence-corrected chi connectivity index (χ1v) is 10.1. The van der Waals surface area contributed by atoms with Crippen molar-refractivity contribution in [2.45, 2.75) is 25.7 Å². The number of carbonyl (C=O) groups excluding carboxylic acids is 1. The summed E-state index contributed by atoms with van der Waals surface area (Å²) in [5.74, 6) is 1.07. The highest BCUT2D eigenvalue weighted by Crippen LogP contribution is 2.35. The van der Waals surface area contributed by atoms with E-state index in [1.165, 1.54) is 11.1 Å². The number of anilines is 1. The minimum absolute atomic E-state index is 0.0166. The molecule has 3 heterocycles. The highest BCUT2D eigenvalue weighted by atomic mass is 16.2. The van der Waals surface area contributed by atoms with Gasteiger partial charge < -0.3 is 9.80 Å². The molecule has 150 valence electrons. The number of amides is 1. The number of aromatic amines is 1. The van der Waals surface area contributed by atoms with Crippen molar-refractivity contribution in [2.24, 2.45) is 0 Å². The van der Waals surface area contributed by atoms with Crippen LogP contribution in [0.1, 0.15) is 40.4 Å². The maximum Gasteiger partial charge on any atom is 0.257 e. The molecule has 6 nitrogen and oxygen atoms in total. The number of piperidine rings is 1. The van der Waals surface area contributed by atoms with Crippen LogP contribution in [-0.2, 0) is 0 Å². The molecule has 1 amide bonds. The third-order valence-corrected chi connectivity index (χ3v) is 5.58. The maximum atomic E-state index is 12.6.